The predicted octanol–water partition coefficient (Wildman–Crippen LogP) is 2.50. The number of carboxylic acids is 1. The predicted molar refractivity (Wildman–Crippen MR) is 128 cm³/mol. The first-order chi connectivity index (χ1) is 16.7. The number of amides is 3. The summed E-state index contributed by atoms with van der Waals surface area (Å²) in [6.45, 7) is 3.98. The Bertz CT molecular complexity index is 1120. The first-order valence-corrected chi connectivity index (χ1v) is 11.6. The van der Waals surface area contributed by atoms with E-state index in [1.807, 2.05) is 36.4 Å². The van der Waals surface area contributed by atoms with Crippen LogP contribution in [0.3, 0.4) is 0 Å². The number of ether oxygens (including phenoxy) is 1. The molecular formula is C26H29N3O6. The molecule has 1 unspecified atom stereocenters. The van der Waals surface area contributed by atoms with E-state index in [0.29, 0.717) is 0 Å². The summed E-state index contributed by atoms with van der Waals surface area (Å²) in [6.07, 6.45) is -1.23. The monoisotopic (exact) mass is 479 g/mol. The molecule has 0 radical (unpaired) electrons. The number of hydrogen-bond donors (Lipinski definition) is 3. The van der Waals surface area contributed by atoms with E-state index in [4.69, 9.17) is 9.84 Å². The number of piperazine rings is 1. The summed E-state index contributed by atoms with van der Waals surface area (Å²) < 4.78 is 5.58. The molecule has 9 nitrogen and oxygen atoms in total. The van der Waals surface area contributed by atoms with Gasteiger partial charge in [0.05, 0.1) is 6.42 Å². The van der Waals surface area contributed by atoms with Crippen molar-refractivity contribution in [1.82, 2.24) is 15.5 Å². The number of benzene rings is 2. The second-order valence-electron chi connectivity index (χ2n) is 9.50. The normalized spacial score (nSPS) is 17.3. The third-order valence-corrected chi connectivity index (χ3v) is 6.40. The lowest BCUT2D eigenvalue weighted by Crippen LogP contribution is -2.59. The van der Waals surface area contributed by atoms with Gasteiger partial charge in [0.15, 0.2) is 0 Å². The Morgan fingerprint density at radius 1 is 1.09 bits per heavy atom. The van der Waals surface area contributed by atoms with Gasteiger partial charge in [-0.2, -0.15) is 0 Å². The second kappa shape index (κ2) is 9.77. The molecule has 2 aromatic rings. The summed E-state index contributed by atoms with van der Waals surface area (Å²) in [5.74, 6) is -2.15. The van der Waals surface area contributed by atoms with Crippen LogP contribution in [0.25, 0.3) is 11.1 Å². The van der Waals surface area contributed by atoms with Gasteiger partial charge < -0.3 is 25.4 Å². The van der Waals surface area contributed by atoms with Crippen molar-refractivity contribution in [2.75, 3.05) is 19.7 Å². The van der Waals surface area contributed by atoms with Crippen LogP contribution in [0.15, 0.2) is 48.5 Å². The fourth-order valence-electron chi connectivity index (χ4n) is 4.82. The van der Waals surface area contributed by atoms with Crippen LogP contribution in [0.2, 0.25) is 0 Å². The van der Waals surface area contributed by atoms with Crippen molar-refractivity contribution in [2.45, 2.75) is 44.2 Å². The van der Waals surface area contributed by atoms with E-state index < -0.39 is 41.9 Å². The van der Waals surface area contributed by atoms with Gasteiger partial charge in [-0.1, -0.05) is 48.5 Å². The van der Waals surface area contributed by atoms with Crippen LogP contribution in [0, 0.1) is 0 Å². The molecule has 1 aliphatic heterocycles. The van der Waals surface area contributed by atoms with Crippen molar-refractivity contribution in [1.29, 1.82) is 0 Å². The maximum atomic E-state index is 12.9. The van der Waals surface area contributed by atoms with Crippen molar-refractivity contribution in [2.24, 2.45) is 0 Å². The Morgan fingerprint density at radius 3 is 2.29 bits per heavy atom. The van der Waals surface area contributed by atoms with Crippen molar-refractivity contribution in [3.05, 3.63) is 59.7 Å². The minimum Gasteiger partial charge on any atom is -0.481 e. The molecule has 184 valence electrons. The van der Waals surface area contributed by atoms with Gasteiger partial charge in [0, 0.05) is 31.0 Å². The molecule has 9 heteroatoms. The molecule has 2 aromatic carbocycles. The van der Waals surface area contributed by atoms with Crippen LogP contribution in [-0.4, -0.2) is 65.2 Å². The molecule has 1 heterocycles. The highest BCUT2D eigenvalue weighted by Crippen LogP contribution is 2.44. The summed E-state index contributed by atoms with van der Waals surface area (Å²) in [4.78, 5) is 50.1. The number of aliphatic carboxylic acids is 1. The molecule has 0 aromatic heterocycles. The third kappa shape index (κ3) is 5.29. The lowest BCUT2D eigenvalue weighted by Gasteiger charge is -2.36. The van der Waals surface area contributed by atoms with Gasteiger partial charge >= 0.3 is 12.1 Å². The van der Waals surface area contributed by atoms with E-state index >= 15 is 0 Å². The molecule has 1 saturated heterocycles. The Hall–Kier alpha value is -3.88. The van der Waals surface area contributed by atoms with Gasteiger partial charge in [-0.05, 0) is 36.1 Å². The zero-order chi connectivity index (χ0) is 25.2. The number of fused-ring (bicyclic) bond motifs is 3. The van der Waals surface area contributed by atoms with E-state index in [1.165, 1.54) is 4.90 Å². The Balaban J connectivity index is 1.37. The number of nitrogens with zero attached hydrogens (tertiary/aromatic N) is 1. The molecule has 3 N–H and O–H groups in total. The SMILES string of the molecule is CC(C)(CC(=O)N1CCNC(=O)C1CC(=O)O)NC(=O)OCC1c2ccccc2-c2ccccc21. The molecule has 1 aliphatic carbocycles. The van der Waals surface area contributed by atoms with Gasteiger partial charge in [0.1, 0.15) is 12.6 Å². The van der Waals surface area contributed by atoms with Crippen LogP contribution in [0.5, 0.6) is 0 Å². The number of rotatable bonds is 7. The van der Waals surface area contributed by atoms with Gasteiger partial charge in [-0.25, -0.2) is 4.79 Å². The van der Waals surface area contributed by atoms with Crippen LogP contribution in [0.4, 0.5) is 4.79 Å². The maximum absolute atomic E-state index is 12.9. The Kier molecular flexibility index (Phi) is 6.77. The number of nitrogens with one attached hydrogen (secondary N) is 2. The topological polar surface area (TPSA) is 125 Å². The Labute approximate surface area is 203 Å². The molecule has 4 rings (SSSR count). The fourth-order valence-corrected chi connectivity index (χ4v) is 4.82. The molecule has 0 bridgehead atoms. The largest absolute Gasteiger partial charge is 0.481 e. The summed E-state index contributed by atoms with van der Waals surface area (Å²) in [5, 5.41) is 14.4. The summed E-state index contributed by atoms with van der Waals surface area (Å²) in [5.41, 5.74) is 3.49. The number of carbonyl (C=O) groups is 4. The summed E-state index contributed by atoms with van der Waals surface area (Å²) >= 11 is 0. The third-order valence-electron chi connectivity index (χ3n) is 6.40. The van der Waals surface area contributed by atoms with E-state index in [9.17, 15) is 19.2 Å². The zero-order valence-electron chi connectivity index (χ0n) is 19.7. The molecule has 0 spiro atoms. The minimum absolute atomic E-state index is 0.0819. The first kappa shape index (κ1) is 24.3. The average molecular weight is 480 g/mol. The molecule has 1 fully saturated rings. The molecule has 1 atom stereocenters. The standard InChI is InChI=1S/C26H29N3O6/c1-26(2,14-22(30)29-12-11-27-24(33)21(29)13-23(31)32)28-25(34)35-15-20-18-9-5-3-7-16(18)17-8-4-6-10-19(17)20/h3-10,20-21H,11-15H2,1-2H3,(H,27,33)(H,28,34)(H,31,32). The van der Waals surface area contributed by atoms with Crippen LogP contribution in [0.1, 0.15) is 43.7 Å². The highest BCUT2D eigenvalue weighted by Gasteiger charge is 2.37. The molecule has 3 amide bonds. The maximum Gasteiger partial charge on any atom is 0.407 e. The minimum atomic E-state index is -1.17. The summed E-state index contributed by atoms with van der Waals surface area (Å²) in [7, 11) is 0. The highest BCUT2D eigenvalue weighted by molar-refractivity contribution is 5.92. The zero-order valence-corrected chi connectivity index (χ0v) is 19.7. The van der Waals surface area contributed by atoms with Gasteiger partial charge in [0.25, 0.3) is 0 Å². The van der Waals surface area contributed by atoms with Crippen molar-refractivity contribution in [3.8, 4) is 11.1 Å². The Morgan fingerprint density at radius 2 is 1.69 bits per heavy atom. The van der Waals surface area contributed by atoms with Gasteiger partial charge in [-0.3, -0.25) is 14.4 Å². The van der Waals surface area contributed by atoms with E-state index in [2.05, 4.69) is 22.8 Å². The number of carbonyl (C=O) groups excluding carboxylic acids is 3. The lowest BCUT2D eigenvalue weighted by molar-refractivity contribution is -0.149. The van der Waals surface area contributed by atoms with Crippen LogP contribution >= 0.6 is 0 Å². The fraction of sp³-hybridized carbons (Fsp3) is 0.385. The number of alkyl carbamates (subject to hydrolysis) is 1. The van der Waals surface area contributed by atoms with Crippen LogP contribution in [-0.2, 0) is 19.1 Å². The van der Waals surface area contributed by atoms with Crippen LogP contribution < -0.4 is 10.6 Å². The van der Waals surface area contributed by atoms with E-state index in [1.54, 1.807) is 13.8 Å². The number of hydrogen-bond acceptors (Lipinski definition) is 5. The second-order valence-corrected chi connectivity index (χ2v) is 9.50. The van der Waals surface area contributed by atoms with E-state index in [0.717, 1.165) is 22.3 Å². The highest BCUT2D eigenvalue weighted by atomic mass is 16.5. The first-order valence-electron chi connectivity index (χ1n) is 11.6. The van der Waals surface area contributed by atoms with Gasteiger partial charge in [0.2, 0.25) is 11.8 Å². The van der Waals surface area contributed by atoms with Crippen molar-refractivity contribution >= 4 is 23.9 Å². The van der Waals surface area contributed by atoms with E-state index in [-0.39, 0.29) is 32.0 Å². The molecular weight excluding hydrogens is 450 g/mol. The smallest absolute Gasteiger partial charge is 0.407 e. The quantitative estimate of drug-likeness (QED) is 0.560. The average Bonchev–Trinajstić information content (AvgIpc) is 3.12. The van der Waals surface area contributed by atoms with Crippen molar-refractivity contribution in [3.63, 3.8) is 0 Å². The lowest BCUT2D eigenvalue weighted by atomic mass is 9.98. The molecule has 2 aliphatic rings. The molecule has 35 heavy (non-hydrogen) atoms. The van der Waals surface area contributed by atoms with Gasteiger partial charge in [-0.15, -0.1) is 0 Å². The summed E-state index contributed by atoms with van der Waals surface area (Å²) in [6, 6.07) is 15.0. The molecule has 0 saturated carbocycles. The van der Waals surface area contributed by atoms with Crippen molar-refractivity contribution < 1.29 is 29.0 Å². The number of carboxylic acid groups (broad SMARTS) is 1.